The van der Waals surface area contributed by atoms with E-state index in [0.717, 1.165) is 40.1 Å². The maximum atomic E-state index is 12.2. The molecule has 0 bridgehead atoms. The Hall–Kier alpha value is -3.41. The average Bonchev–Trinajstić information content (AvgIpc) is 3.05. The molecule has 0 saturated carbocycles. The summed E-state index contributed by atoms with van der Waals surface area (Å²) in [6.45, 7) is 2.07. The minimum atomic E-state index is -0.489. The van der Waals surface area contributed by atoms with Crippen LogP contribution in [0.2, 0.25) is 0 Å². The fourth-order valence-electron chi connectivity index (χ4n) is 3.64. The van der Waals surface area contributed by atoms with Crippen molar-refractivity contribution in [3.05, 3.63) is 82.7 Å². The number of alkyl carbamates (subject to hydrolysis) is 1. The molecule has 1 atom stereocenters. The first-order valence-corrected chi connectivity index (χ1v) is 9.13. The quantitative estimate of drug-likeness (QED) is 0.760. The molecule has 1 N–H and O–H groups in total. The zero-order chi connectivity index (χ0) is 19.7. The van der Waals surface area contributed by atoms with Gasteiger partial charge in [0.25, 0.3) is 0 Å². The van der Waals surface area contributed by atoms with Crippen molar-refractivity contribution < 1.29 is 9.53 Å². The van der Waals surface area contributed by atoms with Crippen molar-refractivity contribution in [3.8, 4) is 0 Å². The van der Waals surface area contributed by atoms with Crippen molar-refractivity contribution >= 4 is 17.7 Å². The Morgan fingerprint density at radius 2 is 2.18 bits per heavy atom. The van der Waals surface area contributed by atoms with Crippen molar-refractivity contribution in [3.63, 3.8) is 0 Å². The molecular formula is C22H22N4O2. The van der Waals surface area contributed by atoms with Gasteiger partial charge in [0, 0.05) is 19.7 Å². The van der Waals surface area contributed by atoms with Gasteiger partial charge in [-0.25, -0.2) is 9.78 Å². The number of pyridine rings is 1. The van der Waals surface area contributed by atoms with Crippen LogP contribution in [0.5, 0.6) is 0 Å². The molecule has 0 spiro atoms. The molecule has 6 heteroatoms. The standard InChI is InChI=1S/C22H22N4O2/c1-14-6-7-15-11-19-16(5-4-8-24-19)10-18(17(15)9-14)21(25-22(27)28-3)20-12-23-13-26(20)2/h4-10,12-13,21H,11H2,1-3H3,(H,25,27). The molecule has 2 aromatic heterocycles. The summed E-state index contributed by atoms with van der Waals surface area (Å²) in [5, 5.41) is 2.99. The summed E-state index contributed by atoms with van der Waals surface area (Å²) in [6.07, 6.45) is 7.68. The number of benzene rings is 1. The number of carbonyl (C=O) groups is 1. The second-order valence-corrected chi connectivity index (χ2v) is 6.97. The van der Waals surface area contributed by atoms with E-state index in [1.165, 1.54) is 12.7 Å². The number of hydrogen-bond donors (Lipinski definition) is 1. The number of ether oxygens (including phenoxy) is 1. The van der Waals surface area contributed by atoms with E-state index in [2.05, 4.69) is 52.5 Å². The van der Waals surface area contributed by atoms with E-state index in [0.29, 0.717) is 0 Å². The highest BCUT2D eigenvalue weighted by Gasteiger charge is 2.27. The average molecular weight is 374 g/mol. The number of amides is 1. The van der Waals surface area contributed by atoms with E-state index in [4.69, 9.17) is 4.74 Å². The summed E-state index contributed by atoms with van der Waals surface area (Å²) in [4.78, 5) is 21.0. The third kappa shape index (κ3) is 3.29. The highest BCUT2D eigenvalue weighted by molar-refractivity contribution is 5.89. The molecule has 28 heavy (non-hydrogen) atoms. The van der Waals surface area contributed by atoms with Crippen molar-refractivity contribution in [2.24, 2.45) is 7.05 Å². The lowest BCUT2D eigenvalue weighted by molar-refractivity contribution is 0.169. The van der Waals surface area contributed by atoms with Crippen LogP contribution in [0.4, 0.5) is 4.79 Å². The summed E-state index contributed by atoms with van der Waals surface area (Å²) in [6, 6.07) is 9.99. The van der Waals surface area contributed by atoms with Gasteiger partial charge in [0.1, 0.15) is 0 Å². The molecule has 4 rings (SSSR count). The van der Waals surface area contributed by atoms with E-state index in [1.54, 1.807) is 12.5 Å². The summed E-state index contributed by atoms with van der Waals surface area (Å²) in [7, 11) is 3.28. The Bertz CT molecular complexity index is 1070. The van der Waals surface area contributed by atoms with Crippen LogP contribution in [0, 0.1) is 6.92 Å². The molecule has 1 aliphatic carbocycles. The van der Waals surface area contributed by atoms with Gasteiger partial charge in [0.05, 0.1) is 37.1 Å². The summed E-state index contributed by atoms with van der Waals surface area (Å²) >= 11 is 0. The number of carbonyl (C=O) groups excluding carboxylic acids is 1. The first-order chi connectivity index (χ1) is 13.6. The van der Waals surface area contributed by atoms with Gasteiger partial charge in [-0.3, -0.25) is 4.98 Å². The fourth-order valence-corrected chi connectivity index (χ4v) is 3.64. The van der Waals surface area contributed by atoms with Crippen LogP contribution in [-0.2, 0) is 18.2 Å². The largest absolute Gasteiger partial charge is 0.453 e. The highest BCUT2D eigenvalue weighted by atomic mass is 16.5. The van der Waals surface area contributed by atoms with Crippen LogP contribution in [0.15, 0.2) is 49.1 Å². The molecule has 0 aliphatic heterocycles. The van der Waals surface area contributed by atoms with Crippen LogP contribution in [0.25, 0.3) is 11.6 Å². The molecule has 2 heterocycles. The normalized spacial score (nSPS) is 13.6. The van der Waals surface area contributed by atoms with Gasteiger partial charge in [-0.15, -0.1) is 0 Å². The third-order valence-electron chi connectivity index (χ3n) is 5.08. The second-order valence-electron chi connectivity index (χ2n) is 6.97. The van der Waals surface area contributed by atoms with Gasteiger partial charge in [-0.05, 0) is 41.3 Å². The molecule has 1 aromatic carbocycles. The number of methoxy groups -OCH3 is 1. The molecular weight excluding hydrogens is 352 g/mol. The van der Waals surface area contributed by atoms with Gasteiger partial charge in [-0.1, -0.05) is 29.8 Å². The van der Waals surface area contributed by atoms with Crippen LogP contribution in [0.1, 0.15) is 39.7 Å². The van der Waals surface area contributed by atoms with E-state index < -0.39 is 12.1 Å². The van der Waals surface area contributed by atoms with Crippen LogP contribution in [0.3, 0.4) is 0 Å². The molecule has 1 aliphatic rings. The van der Waals surface area contributed by atoms with Crippen molar-refractivity contribution in [1.29, 1.82) is 0 Å². The molecule has 1 unspecified atom stereocenters. The monoisotopic (exact) mass is 374 g/mol. The van der Waals surface area contributed by atoms with E-state index in [-0.39, 0.29) is 0 Å². The summed E-state index contributed by atoms with van der Waals surface area (Å²) in [5.74, 6) is 0. The van der Waals surface area contributed by atoms with Crippen molar-refractivity contribution in [2.75, 3.05) is 7.11 Å². The molecule has 0 fully saturated rings. The van der Waals surface area contributed by atoms with Crippen LogP contribution in [-0.4, -0.2) is 27.7 Å². The third-order valence-corrected chi connectivity index (χ3v) is 5.08. The zero-order valence-corrected chi connectivity index (χ0v) is 16.1. The number of hydrogen-bond acceptors (Lipinski definition) is 4. The number of nitrogens with zero attached hydrogens (tertiary/aromatic N) is 3. The lowest BCUT2D eigenvalue weighted by Crippen LogP contribution is -2.30. The van der Waals surface area contributed by atoms with E-state index in [9.17, 15) is 4.79 Å². The Labute approximate surface area is 163 Å². The Morgan fingerprint density at radius 3 is 2.93 bits per heavy atom. The van der Waals surface area contributed by atoms with E-state index in [1.807, 2.05) is 23.9 Å². The SMILES string of the molecule is COC(=O)NC(C1=Cc2cccnc2Cc2ccc(C)cc21)c1cncn1C. The van der Waals surface area contributed by atoms with Crippen LogP contribution >= 0.6 is 0 Å². The maximum Gasteiger partial charge on any atom is 0.407 e. The number of fused-ring (bicyclic) bond motifs is 2. The van der Waals surface area contributed by atoms with Gasteiger partial charge in [0.15, 0.2) is 0 Å². The molecule has 1 amide bonds. The summed E-state index contributed by atoms with van der Waals surface area (Å²) in [5.41, 5.74) is 7.35. The number of aryl methyl sites for hydroxylation is 2. The first-order valence-electron chi connectivity index (χ1n) is 9.13. The van der Waals surface area contributed by atoms with Gasteiger partial charge in [-0.2, -0.15) is 0 Å². The summed E-state index contributed by atoms with van der Waals surface area (Å²) < 4.78 is 6.81. The molecule has 142 valence electrons. The minimum Gasteiger partial charge on any atom is -0.453 e. The minimum absolute atomic E-state index is 0.411. The Kier molecular flexibility index (Phi) is 4.69. The van der Waals surface area contributed by atoms with Gasteiger partial charge in [0.2, 0.25) is 0 Å². The zero-order valence-electron chi connectivity index (χ0n) is 16.1. The first kappa shape index (κ1) is 18.0. The molecule has 0 radical (unpaired) electrons. The van der Waals surface area contributed by atoms with Gasteiger partial charge >= 0.3 is 6.09 Å². The predicted molar refractivity (Wildman–Crippen MR) is 108 cm³/mol. The Balaban J connectivity index is 1.95. The second kappa shape index (κ2) is 7.31. The van der Waals surface area contributed by atoms with E-state index >= 15 is 0 Å². The smallest absolute Gasteiger partial charge is 0.407 e. The molecule has 0 saturated heterocycles. The fraction of sp³-hybridized carbons (Fsp3) is 0.227. The topological polar surface area (TPSA) is 69.0 Å². The maximum absolute atomic E-state index is 12.2. The number of nitrogens with one attached hydrogen (secondary N) is 1. The van der Waals surface area contributed by atoms with Crippen molar-refractivity contribution in [2.45, 2.75) is 19.4 Å². The lowest BCUT2D eigenvalue weighted by atomic mass is 9.91. The lowest BCUT2D eigenvalue weighted by Gasteiger charge is -2.23. The molecule has 3 aromatic rings. The highest BCUT2D eigenvalue weighted by Crippen LogP contribution is 2.37. The number of imidazole rings is 1. The molecule has 6 nitrogen and oxygen atoms in total. The van der Waals surface area contributed by atoms with Gasteiger partial charge < -0.3 is 14.6 Å². The van der Waals surface area contributed by atoms with Crippen LogP contribution < -0.4 is 5.32 Å². The Morgan fingerprint density at radius 1 is 1.32 bits per heavy atom. The number of rotatable bonds is 3. The number of aromatic nitrogens is 3. The predicted octanol–water partition coefficient (Wildman–Crippen LogP) is 3.67. The van der Waals surface area contributed by atoms with Crippen molar-refractivity contribution in [1.82, 2.24) is 19.9 Å².